The van der Waals surface area contributed by atoms with E-state index >= 15 is 0 Å². The Hall–Kier alpha value is -1.88. The Morgan fingerprint density at radius 1 is 1.16 bits per heavy atom. The van der Waals surface area contributed by atoms with Gasteiger partial charge < -0.3 is 14.6 Å². The molecule has 0 saturated heterocycles. The molecule has 132 valence electrons. The number of aromatic nitrogens is 2. The average Bonchev–Trinajstić information content (AvgIpc) is 2.90. The quantitative estimate of drug-likeness (QED) is 0.692. The van der Waals surface area contributed by atoms with Crippen LogP contribution in [0.4, 0.5) is 0 Å². The predicted molar refractivity (Wildman–Crippen MR) is 104 cm³/mol. The number of aryl methyl sites for hydroxylation is 1. The first-order chi connectivity index (χ1) is 12.0. The first kappa shape index (κ1) is 17.9. The zero-order chi connectivity index (χ0) is 17.8. The third-order valence-electron chi connectivity index (χ3n) is 4.46. The Kier molecular flexibility index (Phi) is 5.74. The van der Waals surface area contributed by atoms with Crippen LogP contribution in [0.3, 0.4) is 0 Å². The molecule has 0 aliphatic rings. The molecule has 0 aliphatic heterocycles. The SMILES string of the molecule is Cc1nc2ccc(Cl)cn2c1CN[C@@H](CCN(C)C)c1ccccc1. The summed E-state index contributed by atoms with van der Waals surface area (Å²) in [4.78, 5) is 6.85. The summed E-state index contributed by atoms with van der Waals surface area (Å²) in [5.74, 6) is 0. The average molecular weight is 357 g/mol. The predicted octanol–water partition coefficient (Wildman–Crippen LogP) is 4.08. The highest BCUT2D eigenvalue weighted by atomic mass is 35.5. The Labute approximate surface area is 154 Å². The molecule has 3 aromatic rings. The number of pyridine rings is 1. The van der Waals surface area contributed by atoms with Gasteiger partial charge in [-0.05, 0) is 51.7 Å². The summed E-state index contributed by atoms with van der Waals surface area (Å²) in [6, 6.07) is 14.8. The van der Waals surface area contributed by atoms with Crippen LogP contribution < -0.4 is 5.32 Å². The standard InChI is InChI=1S/C20H25ClN4/c1-15-19(25-14-17(21)9-10-20(25)23-15)13-22-18(11-12-24(2)3)16-7-5-4-6-8-16/h4-10,14,18,22H,11-13H2,1-3H3/t18-/m0/s1. The molecule has 1 N–H and O–H groups in total. The third-order valence-corrected chi connectivity index (χ3v) is 4.69. The summed E-state index contributed by atoms with van der Waals surface area (Å²) >= 11 is 6.17. The molecule has 0 aliphatic carbocycles. The molecule has 1 aromatic carbocycles. The minimum absolute atomic E-state index is 0.299. The van der Waals surface area contributed by atoms with E-state index in [0.29, 0.717) is 6.04 Å². The van der Waals surface area contributed by atoms with Crippen LogP contribution in [0.1, 0.15) is 29.4 Å². The van der Waals surface area contributed by atoms with Crippen LogP contribution >= 0.6 is 11.6 Å². The molecule has 25 heavy (non-hydrogen) atoms. The van der Waals surface area contributed by atoms with Gasteiger partial charge in [0.25, 0.3) is 0 Å². The van der Waals surface area contributed by atoms with E-state index in [2.05, 4.69) is 71.0 Å². The van der Waals surface area contributed by atoms with Crippen molar-refractivity contribution in [1.29, 1.82) is 0 Å². The van der Waals surface area contributed by atoms with Crippen molar-refractivity contribution in [3.8, 4) is 0 Å². The molecule has 0 radical (unpaired) electrons. The summed E-state index contributed by atoms with van der Waals surface area (Å²) in [6.45, 7) is 3.83. The highest BCUT2D eigenvalue weighted by Crippen LogP contribution is 2.20. The molecule has 0 spiro atoms. The topological polar surface area (TPSA) is 32.6 Å². The number of hydrogen-bond donors (Lipinski definition) is 1. The van der Waals surface area contributed by atoms with Gasteiger partial charge in [0.2, 0.25) is 0 Å². The second-order valence-corrected chi connectivity index (χ2v) is 7.09. The first-order valence-electron chi connectivity index (χ1n) is 8.61. The van der Waals surface area contributed by atoms with Crippen molar-refractivity contribution in [1.82, 2.24) is 19.6 Å². The molecule has 0 saturated carbocycles. The molecule has 0 unspecified atom stereocenters. The van der Waals surface area contributed by atoms with Gasteiger partial charge in [-0.25, -0.2) is 4.98 Å². The van der Waals surface area contributed by atoms with Gasteiger partial charge in [0.05, 0.1) is 16.4 Å². The molecule has 0 amide bonds. The summed E-state index contributed by atoms with van der Waals surface area (Å²) in [6.07, 6.45) is 2.98. The second-order valence-electron chi connectivity index (χ2n) is 6.66. The highest BCUT2D eigenvalue weighted by Gasteiger charge is 2.14. The van der Waals surface area contributed by atoms with Gasteiger partial charge in [0, 0.05) is 18.8 Å². The van der Waals surface area contributed by atoms with Crippen molar-refractivity contribution >= 4 is 17.2 Å². The Bertz CT molecular complexity index is 826. The second kappa shape index (κ2) is 8.00. The molecule has 0 fully saturated rings. The fourth-order valence-electron chi connectivity index (χ4n) is 3.08. The smallest absolute Gasteiger partial charge is 0.137 e. The Balaban J connectivity index is 1.81. The van der Waals surface area contributed by atoms with E-state index in [1.54, 1.807) is 0 Å². The van der Waals surface area contributed by atoms with E-state index in [1.165, 1.54) is 5.56 Å². The van der Waals surface area contributed by atoms with Gasteiger partial charge in [0.1, 0.15) is 5.65 Å². The van der Waals surface area contributed by atoms with Crippen molar-refractivity contribution in [3.63, 3.8) is 0 Å². The van der Waals surface area contributed by atoms with Gasteiger partial charge in [-0.15, -0.1) is 0 Å². The number of fused-ring (bicyclic) bond motifs is 1. The van der Waals surface area contributed by atoms with Crippen molar-refractivity contribution in [2.45, 2.75) is 25.9 Å². The van der Waals surface area contributed by atoms with Crippen molar-refractivity contribution < 1.29 is 0 Å². The lowest BCUT2D eigenvalue weighted by atomic mass is 10.0. The van der Waals surface area contributed by atoms with Crippen LogP contribution in [0.25, 0.3) is 5.65 Å². The van der Waals surface area contributed by atoms with Gasteiger partial charge in [0.15, 0.2) is 0 Å². The molecular weight excluding hydrogens is 332 g/mol. The molecule has 5 heteroatoms. The van der Waals surface area contributed by atoms with E-state index in [4.69, 9.17) is 11.6 Å². The van der Waals surface area contributed by atoms with Gasteiger partial charge in [-0.3, -0.25) is 0 Å². The minimum atomic E-state index is 0.299. The Morgan fingerprint density at radius 2 is 1.92 bits per heavy atom. The number of nitrogens with one attached hydrogen (secondary N) is 1. The number of benzene rings is 1. The largest absolute Gasteiger partial charge is 0.309 e. The molecule has 2 heterocycles. The number of hydrogen-bond acceptors (Lipinski definition) is 3. The van der Waals surface area contributed by atoms with Crippen molar-refractivity contribution in [2.24, 2.45) is 0 Å². The lowest BCUT2D eigenvalue weighted by molar-refractivity contribution is 0.359. The summed E-state index contributed by atoms with van der Waals surface area (Å²) in [5, 5.41) is 4.44. The summed E-state index contributed by atoms with van der Waals surface area (Å²) < 4.78 is 2.08. The number of halogens is 1. The maximum atomic E-state index is 6.17. The van der Waals surface area contributed by atoms with Crippen molar-refractivity contribution in [3.05, 3.63) is 70.6 Å². The van der Waals surface area contributed by atoms with Crippen LogP contribution in [0.15, 0.2) is 48.7 Å². The maximum Gasteiger partial charge on any atom is 0.137 e. The molecule has 0 bridgehead atoms. The maximum absolute atomic E-state index is 6.17. The number of nitrogens with zero attached hydrogens (tertiary/aromatic N) is 3. The van der Waals surface area contributed by atoms with Crippen LogP contribution in [-0.2, 0) is 6.54 Å². The molecule has 2 aromatic heterocycles. The monoisotopic (exact) mass is 356 g/mol. The van der Waals surface area contributed by atoms with Gasteiger partial charge >= 0.3 is 0 Å². The van der Waals surface area contributed by atoms with Crippen LogP contribution in [0, 0.1) is 6.92 Å². The summed E-state index contributed by atoms with van der Waals surface area (Å²) in [7, 11) is 4.22. The first-order valence-corrected chi connectivity index (χ1v) is 8.98. The van der Waals surface area contributed by atoms with E-state index in [-0.39, 0.29) is 0 Å². The van der Waals surface area contributed by atoms with Crippen LogP contribution in [0.5, 0.6) is 0 Å². The van der Waals surface area contributed by atoms with E-state index in [9.17, 15) is 0 Å². The van der Waals surface area contributed by atoms with Crippen LogP contribution in [0.2, 0.25) is 5.02 Å². The fraction of sp³-hybridized carbons (Fsp3) is 0.350. The lowest BCUT2D eigenvalue weighted by Gasteiger charge is -2.21. The zero-order valence-electron chi connectivity index (χ0n) is 15.0. The van der Waals surface area contributed by atoms with E-state index in [0.717, 1.165) is 41.6 Å². The molecule has 3 rings (SSSR count). The minimum Gasteiger partial charge on any atom is -0.309 e. The molecular formula is C20H25ClN4. The summed E-state index contributed by atoms with van der Waals surface area (Å²) in [5.41, 5.74) is 4.44. The number of imidazole rings is 1. The van der Waals surface area contributed by atoms with Gasteiger partial charge in [-0.1, -0.05) is 41.9 Å². The lowest BCUT2D eigenvalue weighted by Crippen LogP contribution is -2.26. The molecule has 4 nitrogen and oxygen atoms in total. The van der Waals surface area contributed by atoms with Gasteiger partial charge in [-0.2, -0.15) is 0 Å². The van der Waals surface area contributed by atoms with Crippen molar-refractivity contribution in [2.75, 3.05) is 20.6 Å². The van der Waals surface area contributed by atoms with E-state index in [1.807, 2.05) is 18.3 Å². The van der Waals surface area contributed by atoms with Crippen LogP contribution in [-0.4, -0.2) is 34.9 Å². The van der Waals surface area contributed by atoms with E-state index < -0.39 is 0 Å². The third kappa shape index (κ3) is 4.40. The normalized spacial score (nSPS) is 12.8. The molecule has 1 atom stereocenters. The Morgan fingerprint density at radius 3 is 2.64 bits per heavy atom. The number of rotatable bonds is 7. The zero-order valence-corrected chi connectivity index (χ0v) is 15.8. The highest BCUT2D eigenvalue weighted by molar-refractivity contribution is 6.30. The fourth-order valence-corrected chi connectivity index (χ4v) is 3.24.